The Morgan fingerprint density at radius 2 is 1.43 bits per heavy atom. The Bertz CT molecular complexity index is 574. The Balaban J connectivity index is 3.52. The van der Waals surface area contributed by atoms with Crippen molar-refractivity contribution < 1.29 is 47.2 Å². The highest BCUT2D eigenvalue weighted by molar-refractivity contribution is 5.88. The summed E-state index contributed by atoms with van der Waals surface area (Å²) >= 11 is 0. The molecule has 6 nitrogen and oxygen atoms in total. The maximum Gasteiger partial charge on any atom is 0.341 e. The molecule has 10 heteroatoms. The first kappa shape index (κ1) is 16.9. The van der Waals surface area contributed by atoms with Gasteiger partial charge in [0.05, 0.1) is 12.7 Å². The van der Waals surface area contributed by atoms with Gasteiger partial charge in [0.15, 0.2) is 29.4 Å². The molecule has 0 fully saturated rings. The fraction of sp³-hybridized carbons (Fsp3) is 0.273. The van der Waals surface area contributed by atoms with Crippen LogP contribution < -0.4 is 0 Å². The van der Waals surface area contributed by atoms with Crippen LogP contribution in [0.25, 0.3) is 0 Å². The summed E-state index contributed by atoms with van der Waals surface area (Å²) in [5, 5.41) is 27.1. The Labute approximate surface area is 114 Å². The highest BCUT2D eigenvalue weighted by Gasteiger charge is 2.37. The predicted octanol–water partition coefficient (Wildman–Crippen LogP) is 0.509. The number of aliphatic hydroxyl groups excluding tert-OH is 2. The van der Waals surface area contributed by atoms with Crippen LogP contribution in [0.3, 0.4) is 0 Å². The van der Waals surface area contributed by atoms with Crippen LogP contribution in [0, 0.1) is 23.3 Å². The third-order valence-corrected chi connectivity index (χ3v) is 2.55. The number of carbonyl (C=O) groups is 2. The minimum atomic E-state index is -2.70. The number of rotatable bonds is 4. The van der Waals surface area contributed by atoms with Gasteiger partial charge in [-0.3, -0.25) is 0 Å². The lowest BCUT2D eigenvalue weighted by Crippen LogP contribution is -2.31. The summed E-state index contributed by atoms with van der Waals surface area (Å²) in [5.41, 5.74) is -3.64. The molecule has 0 aliphatic heterocycles. The maximum atomic E-state index is 13.6. The van der Waals surface area contributed by atoms with Gasteiger partial charge in [-0.15, -0.1) is 0 Å². The molecule has 0 aliphatic carbocycles. The van der Waals surface area contributed by atoms with Gasteiger partial charge in [-0.25, -0.2) is 27.2 Å². The van der Waals surface area contributed by atoms with Gasteiger partial charge in [-0.2, -0.15) is 0 Å². The van der Waals surface area contributed by atoms with Crippen LogP contribution in [-0.2, 0) is 9.53 Å². The number of hydrogen-bond donors (Lipinski definition) is 3. The molecule has 0 heterocycles. The highest BCUT2D eigenvalue weighted by Crippen LogP contribution is 2.30. The molecule has 0 amide bonds. The lowest BCUT2D eigenvalue weighted by Gasteiger charge is -2.18. The van der Waals surface area contributed by atoms with E-state index in [0.717, 1.165) is 7.11 Å². The Hall–Kier alpha value is -2.20. The van der Waals surface area contributed by atoms with E-state index in [2.05, 4.69) is 4.74 Å². The molecule has 1 aromatic rings. The van der Waals surface area contributed by atoms with Crippen LogP contribution in [0.4, 0.5) is 17.6 Å². The summed E-state index contributed by atoms with van der Waals surface area (Å²) in [7, 11) is 0.777. The molecule has 0 saturated heterocycles. The predicted molar refractivity (Wildman–Crippen MR) is 56.2 cm³/mol. The number of carboxylic acid groups (broad SMARTS) is 1. The molecular weight excluding hydrogens is 304 g/mol. The zero-order valence-electron chi connectivity index (χ0n) is 10.2. The molecule has 0 spiro atoms. The first-order valence-corrected chi connectivity index (χ1v) is 5.18. The zero-order valence-corrected chi connectivity index (χ0v) is 10.2. The number of methoxy groups -OCH3 is 1. The van der Waals surface area contributed by atoms with Gasteiger partial charge in [-0.1, -0.05) is 0 Å². The van der Waals surface area contributed by atoms with E-state index in [-0.39, 0.29) is 0 Å². The van der Waals surface area contributed by atoms with Crippen molar-refractivity contribution in [2.45, 2.75) is 12.2 Å². The van der Waals surface area contributed by atoms with Gasteiger partial charge in [0.25, 0.3) is 0 Å². The van der Waals surface area contributed by atoms with Crippen molar-refractivity contribution in [3.63, 3.8) is 0 Å². The number of aliphatic hydroxyl groups is 2. The van der Waals surface area contributed by atoms with Crippen molar-refractivity contribution in [2.24, 2.45) is 0 Å². The van der Waals surface area contributed by atoms with Gasteiger partial charge in [0.1, 0.15) is 11.7 Å². The molecule has 0 aromatic heterocycles. The standard InChI is InChI=1S/C11H8F4O6/c1-21-11(20)9(17)8(16)2-4(12)6(14)3(10(18)19)7(15)5(2)13/h8-9,16-17H,1H3,(H,18,19). The van der Waals surface area contributed by atoms with Crippen LogP contribution in [-0.4, -0.2) is 40.5 Å². The average Bonchev–Trinajstić information content (AvgIpc) is 2.43. The van der Waals surface area contributed by atoms with Crippen LogP contribution in [0.2, 0.25) is 0 Å². The van der Waals surface area contributed by atoms with Gasteiger partial charge >= 0.3 is 11.9 Å². The molecular formula is C11H8F4O6. The van der Waals surface area contributed by atoms with E-state index in [4.69, 9.17) is 5.11 Å². The lowest BCUT2D eigenvalue weighted by molar-refractivity contribution is -0.157. The third-order valence-electron chi connectivity index (χ3n) is 2.55. The monoisotopic (exact) mass is 312 g/mol. The van der Waals surface area contributed by atoms with Crippen molar-refractivity contribution in [2.75, 3.05) is 7.11 Å². The summed E-state index contributed by atoms with van der Waals surface area (Å²) in [4.78, 5) is 21.5. The van der Waals surface area contributed by atoms with Crippen molar-refractivity contribution in [3.05, 3.63) is 34.4 Å². The normalized spacial score (nSPS) is 13.7. The van der Waals surface area contributed by atoms with E-state index in [1.165, 1.54) is 0 Å². The summed E-state index contributed by atoms with van der Waals surface area (Å²) in [5.74, 6) is -12.9. The SMILES string of the molecule is COC(=O)C(O)C(O)c1c(F)c(F)c(C(=O)O)c(F)c1F. The topological polar surface area (TPSA) is 104 Å². The van der Waals surface area contributed by atoms with Crippen molar-refractivity contribution in [1.82, 2.24) is 0 Å². The number of esters is 1. The second kappa shape index (κ2) is 6.06. The number of ether oxygens (including phenoxy) is 1. The minimum Gasteiger partial charge on any atom is -0.477 e. The van der Waals surface area contributed by atoms with E-state index in [0.29, 0.717) is 0 Å². The molecule has 1 rings (SSSR count). The second-order valence-corrected chi connectivity index (χ2v) is 3.76. The molecule has 2 unspecified atom stereocenters. The fourth-order valence-electron chi connectivity index (χ4n) is 1.50. The van der Waals surface area contributed by atoms with Gasteiger partial charge < -0.3 is 20.1 Å². The fourth-order valence-corrected chi connectivity index (χ4v) is 1.50. The van der Waals surface area contributed by atoms with Gasteiger partial charge in [0, 0.05) is 0 Å². The van der Waals surface area contributed by atoms with Crippen LogP contribution in [0.15, 0.2) is 0 Å². The van der Waals surface area contributed by atoms with Crippen molar-refractivity contribution >= 4 is 11.9 Å². The number of carbonyl (C=O) groups excluding carboxylic acids is 1. The van der Waals surface area contributed by atoms with Crippen LogP contribution >= 0.6 is 0 Å². The average molecular weight is 312 g/mol. The summed E-state index contributed by atoms with van der Waals surface area (Å²) in [6.45, 7) is 0. The molecule has 0 saturated carbocycles. The minimum absolute atomic E-state index is 0.777. The number of benzene rings is 1. The summed E-state index contributed by atoms with van der Waals surface area (Å²) in [6, 6.07) is 0. The van der Waals surface area contributed by atoms with Gasteiger partial charge in [-0.05, 0) is 0 Å². The van der Waals surface area contributed by atoms with E-state index < -0.39 is 58.5 Å². The Morgan fingerprint density at radius 1 is 1.00 bits per heavy atom. The Morgan fingerprint density at radius 3 is 1.76 bits per heavy atom. The summed E-state index contributed by atoms with van der Waals surface area (Å²) in [6.07, 6.45) is -5.24. The Kier molecular flexibility index (Phi) is 4.86. The third kappa shape index (κ3) is 2.81. The van der Waals surface area contributed by atoms with Crippen LogP contribution in [0.1, 0.15) is 22.0 Å². The first-order chi connectivity index (χ1) is 9.64. The molecule has 0 radical (unpaired) electrons. The highest BCUT2D eigenvalue weighted by atomic mass is 19.2. The molecule has 0 aliphatic rings. The van der Waals surface area contributed by atoms with E-state index >= 15 is 0 Å². The van der Waals surface area contributed by atoms with E-state index in [1.54, 1.807) is 0 Å². The largest absolute Gasteiger partial charge is 0.477 e. The molecule has 3 N–H and O–H groups in total. The number of carboxylic acids is 1. The molecule has 2 atom stereocenters. The molecule has 116 valence electrons. The summed E-state index contributed by atoms with van der Waals surface area (Å²) < 4.78 is 57.9. The van der Waals surface area contributed by atoms with Crippen molar-refractivity contribution in [3.8, 4) is 0 Å². The number of aromatic carboxylic acids is 1. The zero-order chi connectivity index (χ0) is 16.5. The smallest absolute Gasteiger partial charge is 0.341 e. The molecule has 1 aromatic carbocycles. The van der Waals surface area contributed by atoms with E-state index in [1.807, 2.05) is 0 Å². The lowest BCUT2D eigenvalue weighted by atomic mass is 9.99. The molecule has 0 bridgehead atoms. The number of halogens is 4. The van der Waals surface area contributed by atoms with E-state index in [9.17, 15) is 37.4 Å². The van der Waals surface area contributed by atoms with Crippen LogP contribution in [0.5, 0.6) is 0 Å². The maximum absolute atomic E-state index is 13.6. The first-order valence-electron chi connectivity index (χ1n) is 5.18. The quantitative estimate of drug-likeness (QED) is 0.425. The molecule has 21 heavy (non-hydrogen) atoms. The second-order valence-electron chi connectivity index (χ2n) is 3.76. The van der Waals surface area contributed by atoms with Crippen molar-refractivity contribution in [1.29, 1.82) is 0 Å². The number of hydrogen-bond acceptors (Lipinski definition) is 5. The van der Waals surface area contributed by atoms with Gasteiger partial charge in [0.2, 0.25) is 0 Å².